The summed E-state index contributed by atoms with van der Waals surface area (Å²) in [5, 5.41) is 3.17. The highest BCUT2D eigenvalue weighted by molar-refractivity contribution is 5.95. The second-order valence-corrected chi connectivity index (χ2v) is 5.33. The number of hydrogen-bond donors (Lipinski definition) is 1. The number of rotatable bonds is 3. The van der Waals surface area contributed by atoms with Gasteiger partial charge in [0, 0.05) is 24.7 Å². The molecule has 1 fully saturated rings. The first-order valence-corrected chi connectivity index (χ1v) is 6.94. The summed E-state index contributed by atoms with van der Waals surface area (Å²) < 4.78 is 5.40. The van der Waals surface area contributed by atoms with Crippen molar-refractivity contribution in [3.05, 3.63) is 34.9 Å². The molecule has 1 amide bonds. The third-order valence-electron chi connectivity index (χ3n) is 4.05. The first-order valence-electron chi connectivity index (χ1n) is 6.94. The normalized spacial score (nSPS) is 20.6. The molecule has 1 saturated heterocycles. The number of nitrogens with zero attached hydrogens (tertiary/aromatic N) is 1. The predicted molar refractivity (Wildman–Crippen MR) is 80.2 cm³/mol. The van der Waals surface area contributed by atoms with E-state index in [2.05, 4.69) is 5.32 Å². The summed E-state index contributed by atoms with van der Waals surface area (Å²) >= 11 is 0. The summed E-state index contributed by atoms with van der Waals surface area (Å²) in [6, 6.07) is 6.30. The summed E-state index contributed by atoms with van der Waals surface area (Å²) in [6.07, 6.45) is 2.20. The summed E-state index contributed by atoms with van der Waals surface area (Å²) in [4.78, 5) is 14.6. The molecule has 2 aliphatic heterocycles. The lowest BCUT2D eigenvalue weighted by Crippen LogP contribution is -2.40. The van der Waals surface area contributed by atoms with E-state index in [9.17, 15) is 4.79 Å². The van der Waals surface area contributed by atoms with Gasteiger partial charge >= 0.3 is 0 Å². The Morgan fingerprint density at radius 3 is 3.00 bits per heavy atom. The minimum atomic E-state index is 0. The van der Waals surface area contributed by atoms with Crippen molar-refractivity contribution in [2.75, 3.05) is 20.1 Å². The molecule has 2 heterocycles. The van der Waals surface area contributed by atoms with E-state index >= 15 is 0 Å². The zero-order valence-corrected chi connectivity index (χ0v) is 12.5. The maximum absolute atomic E-state index is 12.6. The lowest BCUT2D eigenvalue weighted by Gasteiger charge is -2.24. The fourth-order valence-electron chi connectivity index (χ4n) is 3.02. The zero-order valence-electron chi connectivity index (χ0n) is 11.7. The number of hydrogen-bond acceptors (Lipinski definition) is 3. The number of carbonyl (C=O) groups is 1. The van der Waals surface area contributed by atoms with Gasteiger partial charge in [-0.05, 0) is 43.1 Å². The van der Waals surface area contributed by atoms with Crippen LogP contribution < -0.4 is 5.32 Å². The van der Waals surface area contributed by atoms with E-state index in [1.807, 2.05) is 30.1 Å². The third kappa shape index (κ3) is 2.82. The quantitative estimate of drug-likeness (QED) is 0.927. The Kier molecular flexibility index (Phi) is 5.02. The van der Waals surface area contributed by atoms with Crippen LogP contribution in [0.25, 0.3) is 0 Å². The van der Waals surface area contributed by atoms with E-state index in [-0.39, 0.29) is 18.3 Å². The fourth-order valence-corrected chi connectivity index (χ4v) is 3.02. The Balaban J connectivity index is 0.00000147. The summed E-state index contributed by atoms with van der Waals surface area (Å²) in [7, 11) is 1.94. The number of amides is 1. The van der Waals surface area contributed by atoms with E-state index < -0.39 is 0 Å². The molecule has 1 aromatic rings. The molecule has 0 radical (unpaired) electrons. The SMILES string of the molecule is CNCC1CCCN1C(=O)c1ccc2c(c1)COC2.Cl. The average Bonchev–Trinajstić information content (AvgIpc) is 3.05. The Labute approximate surface area is 125 Å². The van der Waals surface area contributed by atoms with Gasteiger partial charge in [-0.3, -0.25) is 4.79 Å². The van der Waals surface area contributed by atoms with Crippen LogP contribution in [0.1, 0.15) is 34.3 Å². The molecule has 5 heteroatoms. The Hall–Kier alpha value is -1.10. The van der Waals surface area contributed by atoms with Crippen LogP contribution in [0.5, 0.6) is 0 Å². The highest BCUT2D eigenvalue weighted by atomic mass is 35.5. The molecule has 110 valence electrons. The number of likely N-dealkylation sites (tertiary alicyclic amines) is 1. The van der Waals surface area contributed by atoms with Gasteiger partial charge in [0.15, 0.2) is 0 Å². The average molecular weight is 297 g/mol. The van der Waals surface area contributed by atoms with Crippen molar-refractivity contribution in [2.24, 2.45) is 0 Å². The topological polar surface area (TPSA) is 41.6 Å². The number of ether oxygens (including phenoxy) is 1. The van der Waals surface area contributed by atoms with Crippen LogP contribution in [0, 0.1) is 0 Å². The van der Waals surface area contributed by atoms with E-state index in [1.54, 1.807) is 0 Å². The lowest BCUT2D eigenvalue weighted by atomic mass is 10.1. The third-order valence-corrected chi connectivity index (χ3v) is 4.05. The maximum atomic E-state index is 12.6. The van der Waals surface area contributed by atoms with Crippen molar-refractivity contribution in [3.8, 4) is 0 Å². The van der Waals surface area contributed by atoms with Gasteiger partial charge in [0.25, 0.3) is 5.91 Å². The molecule has 3 rings (SSSR count). The molecule has 20 heavy (non-hydrogen) atoms. The Morgan fingerprint density at radius 1 is 1.40 bits per heavy atom. The number of fused-ring (bicyclic) bond motifs is 1. The van der Waals surface area contributed by atoms with Gasteiger partial charge in [-0.25, -0.2) is 0 Å². The second-order valence-electron chi connectivity index (χ2n) is 5.33. The van der Waals surface area contributed by atoms with Crippen LogP contribution >= 0.6 is 12.4 Å². The van der Waals surface area contributed by atoms with E-state index in [0.29, 0.717) is 19.3 Å². The van der Waals surface area contributed by atoms with Gasteiger partial charge in [-0.15, -0.1) is 12.4 Å². The molecule has 1 aromatic carbocycles. The molecule has 2 aliphatic rings. The Morgan fingerprint density at radius 2 is 2.20 bits per heavy atom. The zero-order chi connectivity index (χ0) is 13.2. The number of likely N-dealkylation sites (N-methyl/N-ethyl adjacent to an activating group) is 1. The number of halogens is 1. The number of nitrogens with one attached hydrogen (secondary N) is 1. The highest BCUT2D eigenvalue weighted by Gasteiger charge is 2.29. The molecule has 1 N–H and O–H groups in total. The molecule has 0 saturated carbocycles. The molecular weight excluding hydrogens is 276 g/mol. The van der Waals surface area contributed by atoms with E-state index in [1.165, 1.54) is 5.56 Å². The van der Waals surface area contributed by atoms with Crippen molar-refractivity contribution in [3.63, 3.8) is 0 Å². The molecule has 0 bridgehead atoms. The van der Waals surface area contributed by atoms with Crippen LogP contribution in [0.15, 0.2) is 18.2 Å². The van der Waals surface area contributed by atoms with Crippen molar-refractivity contribution in [1.29, 1.82) is 0 Å². The van der Waals surface area contributed by atoms with Gasteiger partial charge in [0.1, 0.15) is 0 Å². The molecular formula is C15H21ClN2O2. The minimum absolute atomic E-state index is 0. The van der Waals surface area contributed by atoms with Gasteiger partial charge in [0.05, 0.1) is 13.2 Å². The molecule has 4 nitrogen and oxygen atoms in total. The van der Waals surface area contributed by atoms with Gasteiger partial charge in [-0.1, -0.05) is 6.07 Å². The summed E-state index contributed by atoms with van der Waals surface area (Å²) in [5.74, 6) is 0.160. The van der Waals surface area contributed by atoms with Crippen LogP contribution in [-0.2, 0) is 18.0 Å². The standard InChI is InChI=1S/C15H20N2O2.ClH/c1-16-8-14-3-2-6-17(14)15(18)11-4-5-12-9-19-10-13(12)7-11;/h4-5,7,14,16H,2-3,6,8-10H2,1H3;1H. The molecule has 0 spiro atoms. The van der Waals surface area contributed by atoms with Gasteiger partial charge < -0.3 is 15.0 Å². The van der Waals surface area contributed by atoms with Gasteiger partial charge in [0.2, 0.25) is 0 Å². The summed E-state index contributed by atoms with van der Waals surface area (Å²) in [6.45, 7) is 3.06. The minimum Gasteiger partial charge on any atom is -0.372 e. The van der Waals surface area contributed by atoms with Crippen molar-refractivity contribution in [1.82, 2.24) is 10.2 Å². The van der Waals surface area contributed by atoms with Crippen LogP contribution in [0.3, 0.4) is 0 Å². The number of carbonyl (C=O) groups excluding carboxylic acids is 1. The first-order chi connectivity index (χ1) is 9.29. The van der Waals surface area contributed by atoms with E-state index in [4.69, 9.17) is 4.74 Å². The molecule has 0 aliphatic carbocycles. The smallest absolute Gasteiger partial charge is 0.254 e. The van der Waals surface area contributed by atoms with Crippen LogP contribution in [0.2, 0.25) is 0 Å². The molecule has 1 unspecified atom stereocenters. The van der Waals surface area contributed by atoms with Gasteiger partial charge in [-0.2, -0.15) is 0 Å². The van der Waals surface area contributed by atoms with Crippen molar-refractivity contribution >= 4 is 18.3 Å². The van der Waals surface area contributed by atoms with Crippen LogP contribution in [0.4, 0.5) is 0 Å². The molecule has 1 atom stereocenters. The molecule has 0 aromatic heterocycles. The second kappa shape index (κ2) is 6.57. The van der Waals surface area contributed by atoms with Crippen molar-refractivity contribution < 1.29 is 9.53 Å². The maximum Gasteiger partial charge on any atom is 0.254 e. The monoisotopic (exact) mass is 296 g/mol. The highest BCUT2D eigenvalue weighted by Crippen LogP contribution is 2.24. The Bertz CT molecular complexity index is 493. The summed E-state index contributed by atoms with van der Waals surface area (Å²) in [5.41, 5.74) is 3.17. The van der Waals surface area contributed by atoms with E-state index in [0.717, 1.165) is 37.1 Å². The predicted octanol–water partition coefficient (Wildman–Crippen LogP) is 1.96. The van der Waals surface area contributed by atoms with Crippen LogP contribution in [-0.4, -0.2) is 37.0 Å². The first kappa shape index (κ1) is 15.3. The number of benzene rings is 1. The lowest BCUT2D eigenvalue weighted by molar-refractivity contribution is 0.0737. The van der Waals surface area contributed by atoms with Crippen molar-refractivity contribution in [2.45, 2.75) is 32.1 Å². The fraction of sp³-hybridized carbons (Fsp3) is 0.533. The largest absolute Gasteiger partial charge is 0.372 e.